The van der Waals surface area contributed by atoms with Crippen LogP contribution in [-0.4, -0.2) is 33.7 Å². The van der Waals surface area contributed by atoms with E-state index in [1.807, 2.05) is 0 Å². The number of rotatable bonds is 9. The molecule has 8 heteroatoms. The highest BCUT2D eigenvalue weighted by Gasteiger charge is 2.23. The van der Waals surface area contributed by atoms with E-state index in [1.165, 1.54) is 16.9 Å². The first-order chi connectivity index (χ1) is 13.6. The molecule has 1 amide bonds. The van der Waals surface area contributed by atoms with E-state index in [-0.39, 0.29) is 30.7 Å². The van der Waals surface area contributed by atoms with E-state index in [2.05, 4.69) is 74.5 Å². The molecule has 3 N–H and O–H groups in total. The molecule has 0 saturated heterocycles. The second kappa shape index (κ2) is 9.82. The van der Waals surface area contributed by atoms with E-state index >= 15 is 0 Å². The smallest absolute Gasteiger partial charge is 0.305 e. The minimum Gasteiger partial charge on any atom is -0.481 e. The van der Waals surface area contributed by atoms with Gasteiger partial charge in [0.15, 0.2) is 0 Å². The monoisotopic (exact) mass is 418 g/mol. The number of carbonyl (C=O) groups is 2. The van der Waals surface area contributed by atoms with Crippen molar-refractivity contribution in [3.05, 3.63) is 34.4 Å². The molecule has 0 spiro atoms. The quantitative estimate of drug-likeness (QED) is 0.526. The number of anilines is 2. The van der Waals surface area contributed by atoms with E-state index in [0.717, 1.165) is 11.1 Å². The third kappa shape index (κ3) is 6.00. The molecule has 2 rings (SSSR count). The van der Waals surface area contributed by atoms with Crippen LogP contribution in [0.4, 0.5) is 10.3 Å². The summed E-state index contributed by atoms with van der Waals surface area (Å²) >= 11 is 1.19. The van der Waals surface area contributed by atoms with E-state index in [9.17, 15) is 9.59 Å². The maximum atomic E-state index is 13.2. The van der Waals surface area contributed by atoms with Gasteiger partial charge >= 0.3 is 5.97 Å². The molecular weight excluding hydrogens is 388 g/mol. The SMILES string of the molecule is CC(C)c1cc(C(C)C)c(C(=O)Nc2nnc(NCCC(=O)O)s2)c(C(C)C)c1. The van der Waals surface area contributed by atoms with Crippen molar-refractivity contribution in [3.63, 3.8) is 0 Å². The van der Waals surface area contributed by atoms with Gasteiger partial charge in [-0.1, -0.05) is 65.0 Å². The van der Waals surface area contributed by atoms with Crippen LogP contribution in [0.25, 0.3) is 0 Å². The molecule has 29 heavy (non-hydrogen) atoms. The van der Waals surface area contributed by atoms with Gasteiger partial charge in [0.25, 0.3) is 5.91 Å². The van der Waals surface area contributed by atoms with Crippen molar-refractivity contribution in [2.75, 3.05) is 17.2 Å². The summed E-state index contributed by atoms with van der Waals surface area (Å²) in [4.78, 5) is 23.8. The van der Waals surface area contributed by atoms with Gasteiger partial charge in [0, 0.05) is 12.1 Å². The van der Waals surface area contributed by atoms with E-state index < -0.39 is 5.97 Å². The zero-order valence-electron chi connectivity index (χ0n) is 17.9. The van der Waals surface area contributed by atoms with Gasteiger partial charge in [0.2, 0.25) is 10.3 Å². The predicted octanol–water partition coefficient (Wildman–Crippen LogP) is 5.05. The van der Waals surface area contributed by atoms with Crippen LogP contribution in [0.5, 0.6) is 0 Å². The number of carbonyl (C=O) groups excluding carboxylic acids is 1. The van der Waals surface area contributed by atoms with Gasteiger partial charge < -0.3 is 10.4 Å². The normalized spacial score (nSPS) is 11.3. The summed E-state index contributed by atoms with van der Waals surface area (Å²) in [5.74, 6) is -0.294. The van der Waals surface area contributed by atoms with Crippen LogP contribution in [0, 0.1) is 0 Å². The van der Waals surface area contributed by atoms with Crippen LogP contribution in [0.15, 0.2) is 12.1 Å². The molecule has 0 bridgehead atoms. The fourth-order valence-corrected chi connectivity index (χ4v) is 3.66. The van der Waals surface area contributed by atoms with Crippen LogP contribution < -0.4 is 10.6 Å². The lowest BCUT2D eigenvalue weighted by molar-refractivity contribution is -0.136. The summed E-state index contributed by atoms with van der Waals surface area (Å²) in [6.07, 6.45) is -0.0149. The Kier molecular flexibility index (Phi) is 7.73. The van der Waals surface area contributed by atoms with Crippen molar-refractivity contribution in [2.24, 2.45) is 0 Å². The van der Waals surface area contributed by atoms with Crippen molar-refractivity contribution in [1.82, 2.24) is 10.2 Å². The molecule has 7 nitrogen and oxygen atoms in total. The predicted molar refractivity (Wildman–Crippen MR) is 117 cm³/mol. The lowest BCUT2D eigenvalue weighted by Gasteiger charge is -2.22. The summed E-state index contributed by atoms with van der Waals surface area (Å²) in [6.45, 7) is 12.9. The number of nitrogens with one attached hydrogen (secondary N) is 2. The van der Waals surface area contributed by atoms with Crippen molar-refractivity contribution in [2.45, 2.75) is 65.7 Å². The number of hydrogen-bond acceptors (Lipinski definition) is 6. The summed E-state index contributed by atoms with van der Waals surface area (Å²) in [5.41, 5.74) is 3.99. The average molecular weight is 419 g/mol. The highest BCUT2D eigenvalue weighted by Crippen LogP contribution is 2.33. The molecule has 0 atom stereocenters. The van der Waals surface area contributed by atoms with E-state index in [1.54, 1.807) is 0 Å². The lowest BCUT2D eigenvalue weighted by atomic mass is 9.84. The molecule has 0 aliphatic carbocycles. The Labute approximate surface area is 175 Å². The average Bonchev–Trinajstić information content (AvgIpc) is 3.07. The summed E-state index contributed by atoms with van der Waals surface area (Å²) in [6, 6.07) is 4.27. The van der Waals surface area contributed by atoms with E-state index in [0.29, 0.717) is 21.7 Å². The highest BCUT2D eigenvalue weighted by atomic mass is 32.1. The number of nitrogens with zero attached hydrogens (tertiary/aromatic N) is 2. The van der Waals surface area contributed by atoms with E-state index in [4.69, 9.17) is 5.11 Å². The number of benzene rings is 1. The van der Waals surface area contributed by atoms with Crippen molar-refractivity contribution < 1.29 is 14.7 Å². The number of carboxylic acid groups (broad SMARTS) is 1. The molecule has 0 fully saturated rings. The molecule has 0 radical (unpaired) electrons. The number of carboxylic acids is 1. The molecule has 1 heterocycles. The third-order valence-corrected chi connectivity index (χ3v) is 5.42. The van der Waals surface area contributed by atoms with Crippen LogP contribution in [0.2, 0.25) is 0 Å². The molecular formula is C21H30N4O3S. The molecule has 1 aromatic heterocycles. The number of aliphatic carboxylic acids is 1. The fourth-order valence-electron chi connectivity index (χ4n) is 3.00. The van der Waals surface area contributed by atoms with Crippen molar-refractivity contribution >= 4 is 33.5 Å². The zero-order valence-corrected chi connectivity index (χ0v) is 18.7. The maximum Gasteiger partial charge on any atom is 0.305 e. The third-order valence-electron chi connectivity index (χ3n) is 4.62. The van der Waals surface area contributed by atoms with Crippen LogP contribution in [0.1, 0.15) is 92.8 Å². The van der Waals surface area contributed by atoms with Gasteiger partial charge in [-0.2, -0.15) is 0 Å². The Morgan fingerprint density at radius 3 is 2.00 bits per heavy atom. The molecule has 0 aliphatic heterocycles. The Bertz CT molecular complexity index is 846. The lowest BCUT2D eigenvalue weighted by Crippen LogP contribution is -2.19. The Morgan fingerprint density at radius 1 is 0.966 bits per heavy atom. The largest absolute Gasteiger partial charge is 0.481 e. The van der Waals surface area contributed by atoms with Crippen LogP contribution >= 0.6 is 11.3 Å². The van der Waals surface area contributed by atoms with Gasteiger partial charge in [-0.25, -0.2) is 0 Å². The van der Waals surface area contributed by atoms with Gasteiger partial charge in [0.05, 0.1) is 6.42 Å². The van der Waals surface area contributed by atoms with Gasteiger partial charge in [0.1, 0.15) is 0 Å². The fraction of sp³-hybridized carbons (Fsp3) is 0.524. The molecule has 0 saturated carbocycles. The molecule has 2 aromatic rings. The highest BCUT2D eigenvalue weighted by molar-refractivity contribution is 7.19. The first-order valence-electron chi connectivity index (χ1n) is 9.88. The molecule has 158 valence electrons. The van der Waals surface area contributed by atoms with Crippen LogP contribution in [-0.2, 0) is 4.79 Å². The van der Waals surface area contributed by atoms with Crippen molar-refractivity contribution in [1.29, 1.82) is 0 Å². The summed E-state index contributed by atoms with van der Waals surface area (Å²) in [7, 11) is 0. The van der Waals surface area contributed by atoms with Crippen LogP contribution in [0.3, 0.4) is 0 Å². The Morgan fingerprint density at radius 2 is 1.52 bits per heavy atom. The van der Waals surface area contributed by atoms with Gasteiger partial charge in [-0.05, 0) is 34.4 Å². The molecule has 0 aliphatic rings. The first kappa shape index (κ1) is 22.8. The second-order valence-electron chi connectivity index (χ2n) is 7.98. The maximum absolute atomic E-state index is 13.2. The topological polar surface area (TPSA) is 104 Å². The Balaban J connectivity index is 2.30. The number of amides is 1. The minimum absolute atomic E-state index is 0.0149. The molecule has 1 aromatic carbocycles. The standard InChI is InChI=1S/C21H30N4O3S/c1-11(2)14-9-15(12(3)4)18(16(10-14)13(5)6)19(28)23-21-25-24-20(29-21)22-8-7-17(26)27/h9-13H,7-8H2,1-6H3,(H,22,24)(H,26,27)(H,23,25,28). The first-order valence-corrected chi connectivity index (χ1v) is 10.7. The number of hydrogen-bond donors (Lipinski definition) is 3. The van der Waals surface area contributed by atoms with Gasteiger partial charge in [-0.3, -0.25) is 14.9 Å². The summed E-state index contributed by atoms with van der Waals surface area (Å²) < 4.78 is 0. The zero-order chi connectivity index (χ0) is 21.7. The number of aromatic nitrogens is 2. The minimum atomic E-state index is -0.886. The summed E-state index contributed by atoms with van der Waals surface area (Å²) in [5, 5.41) is 23.3. The Hall–Kier alpha value is -2.48. The van der Waals surface area contributed by atoms with Crippen molar-refractivity contribution in [3.8, 4) is 0 Å². The second-order valence-corrected chi connectivity index (χ2v) is 8.95. The van der Waals surface area contributed by atoms with Gasteiger partial charge in [-0.15, -0.1) is 10.2 Å². The molecule has 0 unspecified atom stereocenters.